The van der Waals surface area contributed by atoms with Crippen LogP contribution in [0.2, 0.25) is 0 Å². The number of piperazine rings is 1. The molecule has 0 radical (unpaired) electrons. The molecule has 3 rings (SSSR count). The molecule has 0 N–H and O–H groups in total. The SMILES string of the molecule is CCCC(CC)C(=O)N1CC(=O)N2CCc3ccccc3C2C1. The Morgan fingerprint density at radius 2 is 2.09 bits per heavy atom. The first kappa shape index (κ1) is 16.0. The van der Waals surface area contributed by atoms with Crippen LogP contribution >= 0.6 is 0 Å². The average Bonchev–Trinajstić information content (AvgIpc) is 2.58. The molecule has 2 aliphatic rings. The number of hydrogen-bond donors (Lipinski definition) is 0. The summed E-state index contributed by atoms with van der Waals surface area (Å²) in [6.45, 7) is 5.83. The lowest BCUT2D eigenvalue weighted by Crippen LogP contribution is -2.56. The zero-order valence-corrected chi connectivity index (χ0v) is 14.1. The highest BCUT2D eigenvalue weighted by molar-refractivity contribution is 5.87. The van der Waals surface area contributed by atoms with Gasteiger partial charge in [-0.15, -0.1) is 0 Å². The van der Waals surface area contributed by atoms with Crippen molar-refractivity contribution in [2.75, 3.05) is 19.6 Å². The van der Waals surface area contributed by atoms with E-state index in [1.165, 1.54) is 11.1 Å². The second-order valence-corrected chi connectivity index (χ2v) is 6.66. The van der Waals surface area contributed by atoms with E-state index in [-0.39, 0.29) is 30.3 Å². The summed E-state index contributed by atoms with van der Waals surface area (Å²) in [5.41, 5.74) is 2.53. The van der Waals surface area contributed by atoms with Crippen LogP contribution in [0, 0.1) is 5.92 Å². The Morgan fingerprint density at radius 3 is 2.83 bits per heavy atom. The maximum absolute atomic E-state index is 12.8. The second kappa shape index (κ2) is 6.73. The number of rotatable bonds is 4. The van der Waals surface area contributed by atoms with Crippen molar-refractivity contribution in [2.45, 2.75) is 45.6 Å². The number of carbonyl (C=O) groups is 2. The quantitative estimate of drug-likeness (QED) is 0.857. The number of fused-ring (bicyclic) bond motifs is 3. The van der Waals surface area contributed by atoms with Gasteiger partial charge >= 0.3 is 0 Å². The fourth-order valence-corrected chi connectivity index (χ4v) is 3.95. The summed E-state index contributed by atoms with van der Waals surface area (Å²) < 4.78 is 0. The molecule has 2 atom stereocenters. The molecule has 0 aromatic heterocycles. The molecule has 0 bridgehead atoms. The van der Waals surface area contributed by atoms with E-state index < -0.39 is 0 Å². The summed E-state index contributed by atoms with van der Waals surface area (Å²) in [4.78, 5) is 29.1. The minimum Gasteiger partial charge on any atom is -0.332 e. The van der Waals surface area contributed by atoms with Crippen molar-refractivity contribution < 1.29 is 9.59 Å². The first-order chi connectivity index (χ1) is 11.2. The Balaban J connectivity index is 1.83. The van der Waals surface area contributed by atoms with Gasteiger partial charge in [0.2, 0.25) is 11.8 Å². The van der Waals surface area contributed by atoms with Crippen LogP contribution in [0.15, 0.2) is 24.3 Å². The molecule has 0 spiro atoms. The second-order valence-electron chi connectivity index (χ2n) is 6.66. The van der Waals surface area contributed by atoms with Gasteiger partial charge in [0.1, 0.15) is 0 Å². The van der Waals surface area contributed by atoms with E-state index in [0.29, 0.717) is 6.54 Å². The van der Waals surface area contributed by atoms with E-state index in [9.17, 15) is 9.59 Å². The predicted octanol–water partition coefficient (Wildman–Crippen LogP) is 2.78. The topological polar surface area (TPSA) is 40.6 Å². The minimum absolute atomic E-state index is 0.0317. The number of amides is 2. The Hall–Kier alpha value is -1.84. The van der Waals surface area contributed by atoms with Crippen LogP contribution in [0.25, 0.3) is 0 Å². The number of hydrogen-bond acceptors (Lipinski definition) is 2. The molecule has 1 aromatic carbocycles. The van der Waals surface area contributed by atoms with Gasteiger partial charge in [0, 0.05) is 19.0 Å². The number of carbonyl (C=O) groups excluding carboxylic acids is 2. The Labute approximate surface area is 138 Å². The van der Waals surface area contributed by atoms with E-state index in [2.05, 4.69) is 32.0 Å². The van der Waals surface area contributed by atoms with Crippen LogP contribution < -0.4 is 0 Å². The van der Waals surface area contributed by atoms with Crippen molar-refractivity contribution in [3.63, 3.8) is 0 Å². The van der Waals surface area contributed by atoms with Crippen LogP contribution in [-0.4, -0.2) is 41.2 Å². The Bertz CT molecular complexity index is 599. The Kier molecular flexibility index (Phi) is 4.69. The van der Waals surface area contributed by atoms with Crippen molar-refractivity contribution in [2.24, 2.45) is 5.92 Å². The van der Waals surface area contributed by atoms with Gasteiger partial charge in [0.05, 0.1) is 12.6 Å². The lowest BCUT2D eigenvalue weighted by molar-refractivity contribution is -0.151. The van der Waals surface area contributed by atoms with E-state index in [1.807, 2.05) is 11.0 Å². The first-order valence-electron chi connectivity index (χ1n) is 8.81. The third-order valence-corrected chi connectivity index (χ3v) is 5.24. The molecule has 124 valence electrons. The van der Waals surface area contributed by atoms with Gasteiger partial charge in [-0.2, -0.15) is 0 Å². The maximum Gasteiger partial charge on any atom is 0.242 e. The number of benzene rings is 1. The highest BCUT2D eigenvalue weighted by atomic mass is 16.2. The largest absolute Gasteiger partial charge is 0.332 e. The molecule has 0 saturated carbocycles. The molecular formula is C19H26N2O2. The molecule has 2 aliphatic heterocycles. The minimum atomic E-state index is 0.0317. The predicted molar refractivity (Wildman–Crippen MR) is 89.9 cm³/mol. The fourth-order valence-electron chi connectivity index (χ4n) is 3.95. The van der Waals surface area contributed by atoms with Crippen molar-refractivity contribution in [1.82, 2.24) is 9.80 Å². The molecule has 23 heavy (non-hydrogen) atoms. The molecular weight excluding hydrogens is 288 g/mol. The molecule has 2 amide bonds. The van der Waals surface area contributed by atoms with Gasteiger partial charge in [-0.05, 0) is 30.4 Å². The van der Waals surface area contributed by atoms with Crippen LogP contribution in [-0.2, 0) is 16.0 Å². The van der Waals surface area contributed by atoms with Crippen molar-refractivity contribution in [3.8, 4) is 0 Å². The standard InChI is InChI=1S/C19H26N2O2/c1-3-7-14(4-2)19(23)20-12-17-16-9-6-5-8-15(16)10-11-21(17)18(22)13-20/h5-6,8-9,14,17H,3-4,7,10-13H2,1-2H3. The van der Waals surface area contributed by atoms with E-state index in [0.717, 1.165) is 32.2 Å². The monoisotopic (exact) mass is 314 g/mol. The zero-order valence-electron chi connectivity index (χ0n) is 14.1. The van der Waals surface area contributed by atoms with Crippen LogP contribution in [0.5, 0.6) is 0 Å². The smallest absolute Gasteiger partial charge is 0.242 e. The summed E-state index contributed by atoms with van der Waals surface area (Å²) in [7, 11) is 0. The highest BCUT2D eigenvalue weighted by Gasteiger charge is 2.39. The van der Waals surface area contributed by atoms with Crippen molar-refractivity contribution in [3.05, 3.63) is 35.4 Å². The maximum atomic E-state index is 12.8. The normalized spacial score (nSPS) is 21.7. The summed E-state index contributed by atoms with van der Waals surface area (Å²) in [5.74, 6) is 0.305. The summed E-state index contributed by atoms with van der Waals surface area (Å²) in [5, 5.41) is 0. The summed E-state index contributed by atoms with van der Waals surface area (Å²) in [6.07, 6.45) is 3.68. The van der Waals surface area contributed by atoms with E-state index >= 15 is 0 Å². The van der Waals surface area contributed by atoms with Gasteiger partial charge in [-0.3, -0.25) is 9.59 Å². The third-order valence-electron chi connectivity index (χ3n) is 5.24. The lowest BCUT2D eigenvalue weighted by Gasteiger charge is -2.45. The molecule has 1 aromatic rings. The van der Waals surface area contributed by atoms with Crippen LogP contribution in [0.1, 0.15) is 50.3 Å². The highest BCUT2D eigenvalue weighted by Crippen LogP contribution is 2.33. The first-order valence-corrected chi connectivity index (χ1v) is 8.81. The number of nitrogens with zero attached hydrogens (tertiary/aromatic N) is 2. The van der Waals surface area contributed by atoms with E-state index in [1.54, 1.807) is 4.90 Å². The molecule has 0 aliphatic carbocycles. The molecule has 1 fully saturated rings. The van der Waals surface area contributed by atoms with Crippen LogP contribution in [0.4, 0.5) is 0 Å². The zero-order chi connectivity index (χ0) is 16.4. The molecule has 1 saturated heterocycles. The van der Waals surface area contributed by atoms with Crippen molar-refractivity contribution in [1.29, 1.82) is 0 Å². The molecule has 4 nitrogen and oxygen atoms in total. The van der Waals surface area contributed by atoms with Gasteiger partial charge in [0.25, 0.3) is 0 Å². The molecule has 2 heterocycles. The third kappa shape index (κ3) is 2.99. The van der Waals surface area contributed by atoms with Gasteiger partial charge in [-0.25, -0.2) is 0 Å². The molecule has 2 unspecified atom stereocenters. The molecule has 4 heteroatoms. The summed E-state index contributed by atoms with van der Waals surface area (Å²) in [6, 6.07) is 8.36. The fraction of sp³-hybridized carbons (Fsp3) is 0.579. The van der Waals surface area contributed by atoms with Gasteiger partial charge in [0.15, 0.2) is 0 Å². The Morgan fingerprint density at radius 1 is 1.30 bits per heavy atom. The van der Waals surface area contributed by atoms with Gasteiger partial charge in [-0.1, -0.05) is 44.5 Å². The van der Waals surface area contributed by atoms with E-state index in [4.69, 9.17) is 0 Å². The van der Waals surface area contributed by atoms with Crippen LogP contribution in [0.3, 0.4) is 0 Å². The van der Waals surface area contributed by atoms with Gasteiger partial charge < -0.3 is 9.80 Å². The summed E-state index contributed by atoms with van der Waals surface area (Å²) >= 11 is 0. The lowest BCUT2D eigenvalue weighted by atomic mass is 9.90. The van der Waals surface area contributed by atoms with Crippen molar-refractivity contribution >= 4 is 11.8 Å². The average molecular weight is 314 g/mol.